The van der Waals surface area contributed by atoms with Gasteiger partial charge in [0, 0.05) is 0 Å². The lowest BCUT2D eigenvalue weighted by Gasteiger charge is -2.11. The monoisotopic (exact) mass is 266 g/mol. The second kappa shape index (κ2) is 5.67. The highest BCUT2D eigenvalue weighted by Crippen LogP contribution is 2.34. The Bertz CT molecular complexity index is 562. The van der Waals surface area contributed by atoms with Crippen molar-refractivity contribution >= 4 is 0 Å². The van der Waals surface area contributed by atoms with Crippen molar-refractivity contribution < 1.29 is 23.4 Å². The molecule has 19 heavy (non-hydrogen) atoms. The number of para-hydroxylation sites is 2. The third-order valence-corrected chi connectivity index (χ3v) is 2.52. The van der Waals surface area contributed by atoms with Crippen LogP contribution in [0.1, 0.15) is 5.56 Å². The molecule has 0 aromatic heterocycles. The fraction of sp³-hybridized carbons (Fsp3) is 0.143. The van der Waals surface area contributed by atoms with Crippen molar-refractivity contribution in [3.8, 4) is 17.2 Å². The Kier molecular flexibility index (Phi) is 3.97. The first kappa shape index (κ1) is 13.3. The first-order valence-electron chi connectivity index (χ1n) is 5.55. The van der Waals surface area contributed by atoms with Gasteiger partial charge < -0.3 is 14.6 Å². The highest BCUT2D eigenvalue weighted by Gasteiger charge is 2.15. The van der Waals surface area contributed by atoms with Crippen LogP contribution in [0.2, 0.25) is 0 Å². The van der Waals surface area contributed by atoms with Crippen molar-refractivity contribution in [3.63, 3.8) is 0 Å². The van der Waals surface area contributed by atoms with E-state index in [1.807, 2.05) is 0 Å². The highest BCUT2D eigenvalue weighted by atomic mass is 19.1. The predicted octanol–water partition coefficient (Wildman–Crippen LogP) is 3.26. The minimum absolute atomic E-state index is 0.141. The van der Waals surface area contributed by atoms with Crippen LogP contribution < -0.4 is 9.47 Å². The second-order valence-corrected chi connectivity index (χ2v) is 3.80. The van der Waals surface area contributed by atoms with Crippen LogP contribution in [-0.4, -0.2) is 12.2 Å². The van der Waals surface area contributed by atoms with E-state index in [2.05, 4.69) is 0 Å². The van der Waals surface area contributed by atoms with E-state index in [0.717, 1.165) is 12.1 Å². The maximum absolute atomic E-state index is 13.7. The first-order valence-corrected chi connectivity index (χ1v) is 5.55. The van der Waals surface area contributed by atoms with Crippen LogP contribution in [-0.2, 0) is 6.61 Å². The number of methoxy groups -OCH3 is 1. The quantitative estimate of drug-likeness (QED) is 0.923. The Morgan fingerprint density at radius 1 is 1.05 bits per heavy atom. The number of aliphatic hydroxyl groups is 1. The molecule has 0 aliphatic carbocycles. The van der Waals surface area contributed by atoms with Gasteiger partial charge in [0.15, 0.2) is 28.9 Å². The lowest BCUT2D eigenvalue weighted by atomic mass is 10.2. The summed E-state index contributed by atoms with van der Waals surface area (Å²) in [7, 11) is 1.43. The van der Waals surface area contributed by atoms with Gasteiger partial charge in [0.25, 0.3) is 0 Å². The van der Waals surface area contributed by atoms with Gasteiger partial charge in [-0.1, -0.05) is 12.1 Å². The summed E-state index contributed by atoms with van der Waals surface area (Å²) in [5.74, 6) is -1.71. The summed E-state index contributed by atoms with van der Waals surface area (Å²) in [6.45, 7) is -0.442. The van der Waals surface area contributed by atoms with Gasteiger partial charge in [-0.15, -0.1) is 0 Å². The molecule has 3 nitrogen and oxygen atoms in total. The lowest BCUT2D eigenvalue weighted by Crippen LogP contribution is -1.97. The van der Waals surface area contributed by atoms with E-state index in [1.165, 1.54) is 13.2 Å². The molecule has 0 unspecified atom stereocenters. The minimum atomic E-state index is -0.880. The van der Waals surface area contributed by atoms with E-state index in [1.54, 1.807) is 18.2 Å². The maximum Gasteiger partial charge on any atom is 0.198 e. The molecule has 0 saturated carbocycles. The largest absolute Gasteiger partial charge is 0.493 e. The van der Waals surface area contributed by atoms with Crippen molar-refractivity contribution in [2.24, 2.45) is 0 Å². The van der Waals surface area contributed by atoms with Crippen LogP contribution in [0.25, 0.3) is 0 Å². The van der Waals surface area contributed by atoms with Crippen molar-refractivity contribution in [2.45, 2.75) is 6.61 Å². The van der Waals surface area contributed by atoms with E-state index >= 15 is 0 Å². The molecule has 5 heteroatoms. The summed E-state index contributed by atoms with van der Waals surface area (Å²) in [6.07, 6.45) is 0. The van der Waals surface area contributed by atoms with Crippen LogP contribution in [0.15, 0.2) is 36.4 Å². The molecule has 1 N–H and O–H groups in total. The summed E-state index contributed by atoms with van der Waals surface area (Å²) in [6, 6.07) is 8.58. The average molecular weight is 266 g/mol. The number of ether oxygens (including phenoxy) is 2. The molecular weight excluding hydrogens is 254 g/mol. The van der Waals surface area contributed by atoms with Crippen molar-refractivity contribution in [2.75, 3.05) is 7.11 Å². The molecule has 0 spiro atoms. The SMILES string of the molecule is COc1ccccc1Oc1c(F)cc(CO)cc1F. The van der Waals surface area contributed by atoms with Gasteiger partial charge >= 0.3 is 0 Å². The van der Waals surface area contributed by atoms with Gasteiger partial charge in [-0.05, 0) is 29.8 Å². The summed E-state index contributed by atoms with van der Waals surface area (Å²) < 4.78 is 37.6. The maximum atomic E-state index is 13.7. The smallest absolute Gasteiger partial charge is 0.198 e. The van der Waals surface area contributed by atoms with Gasteiger partial charge in [-0.3, -0.25) is 0 Å². The third-order valence-electron chi connectivity index (χ3n) is 2.52. The molecule has 0 amide bonds. The average Bonchev–Trinajstić information content (AvgIpc) is 2.43. The van der Waals surface area contributed by atoms with Gasteiger partial charge in [0.1, 0.15) is 0 Å². The molecule has 0 radical (unpaired) electrons. The Balaban J connectivity index is 2.38. The van der Waals surface area contributed by atoms with Gasteiger partial charge in [0.05, 0.1) is 13.7 Å². The number of benzene rings is 2. The van der Waals surface area contributed by atoms with Gasteiger partial charge in [-0.2, -0.15) is 0 Å². The van der Waals surface area contributed by atoms with E-state index in [4.69, 9.17) is 14.6 Å². The normalized spacial score (nSPS) is 10.3. The molecule has 0 fully saturated rings. The summed E-state index contributed by atoms with van der Waals surface area (Å²) in [4.78, 5) is 0. The molecule has 0 aliphatic heterocycles. The second-order valence-electron chi connectivity index (χ2n) is 3.80. The van der Waals surface area contributed by atoms with E-state index in [9.17, 15) is 8.78 Å². The molecular formula is C14H12F2O3. The molecule has 2 aromatic rings. The topological polar surface area (TPSA) is 38.7 Å². The Morgan fingerprint density at radius 3 is 2.16 bits per heavy atom. The molecule has 0 heterocycles. The number of hydrogen-bond acceptors (Lipinski definition) is 3. The summed E-state index contributed by atoms with van der Waals surface area (Å²) in [5, 5.41) is 8.86. The van der Waals surface area contributed by atoms with E-state index in [0.29, 0.717) is 5.75 Å². The van der Waals surface area contributed by atoms with Crippen LogP contribution >= 0.6 is 0 Å². The molecule has 0 aliphatic rings. The van der Waals surface area contributed by atoms with Crippen molar-refractivity contribution in [1.82, 2.24) is 0 Å². The zero-order chi connectivity index (χ0) is 13.8. The van der Waals surface area contributed by atoms with Gasteiger partial charge in [-0.25, -0.2) is 8.78 Å². The zero-order valence-electron chi connectivity index (χ0n) is 10.2. The fourth-order valence-electron chi connectivity index (χ4n) is 1.61. The third kappa shape index (κ3) is 2.82. The lowest BCUT2D eigenvalue weighted by molar-refractivity contribution is 0.279. The van der Waals surface area contributed by atoms with Crippen LogP contribution in [0, 0.1) is 11.6 Å². The Morgan fingerprint density at radius 2 is 1.63 bits per heavy atom. The Hall–Kier alpha value is -2.14. The van der Waals surface area contributed by atoms with Crippen molar-refractivity contribution in [3.05, 3.63) is 53.6 Å². The molecule has 0 bridgehead atoms. The molecule has 0 saturated heterocycles. The fourth-order valence-corrected chi connectivity index (χ4v) is 1.61. The van der Waals surface area contributed by atoms with E-state index in [-0.39, 0.29) is 11.3 Å². The standard InChI is InChI=1S/C14H12F2O3/c1-18-12-4-2-3-5-13(12)19-14-10(15)6-9(8-17)7-11(14)16/h2-7,17H,8H2,1H3. The summed E-state index contributed by atoms with van der Waals surface area (Å²) in [5.41, 5.74) is 0.141. The highest BCUT2D eigenvalue weighted by molar-refractivity contribution is 5.43. The number of rotatable bonds is 4. The molecule has 100 valence electrons. The van der Waals surface area contributed by atoms with Crippen LogP contribution in [0.4, 0.5) is 8.78 Å². The van der Waals surface area contributed by atoms with Crippen LogP contribution in [0.5, 0.6) is 17.2 Å². The Labute approximate surface area is 109 Å². The number of hydrogen-bond donors (Lipinski definition) is 1. The predicted molar refractivity (Wildman–Crippen MR) is 65.3 cm³/mol. The number of aliphatic hydroxyl groups excluding tert-OH is 1. The minimum Gasteiger partial charge on any atom is -0.493 e. The number of halogens is 2. The van der Waals surface area contributed by atoms with Gasteiger partial charge in [0.2, 0.25) is 0 Å². The molecule has 0 atom stereocenters. The zero-order valence-corrected chi connectivity index (χ0v) is 10.2. The summed E-state index contributed by atoms with van der Waals surface area (Å²) >= 11 is 0. The van der Waals surface area contributed by atoms with E-state index < -0.39 is 24.0 Å². The molecule has 2 rings (SSSR count). The molecule has 2 aromatic carbocycles. The first-order chi connectivity index (χ1) is 9.15. The van der Waals surface area contributed by atoms with Crippen LogP contribution in [0.3, 0.4) is 0 Å². The van der Waals surface area contributed by atoms with Crippen molar-refractivity contribution in [1.29, 1.82) is 0 Å².